The molecule has 162 valence electrons. The Bertz CT molecular complexity index is 1180. The molecule has 0 aromatic heterocycles. The fourth-order valence-electron chi connectivity index (χ4n) is 3.08. The average Bonchev–Trinajstić information content (AvgIpc) is 2.76. The van der Waals surface area contributed by atoms with Crippen LogP contribution in [0.25, 0.3) is 0 Å². The molecule has 0 saturated heterocycles. The number of carbonyl (C=O) groups excluding carboxylic acids is 1. The van der Waals surface area contributed by atoms with Crippen LogP contribution >= 0.6 is 0 Å². The van der Waals surface area contributed by atoms with Crippen molar-refractivity contribution in [3.8, 4) is 11.5 Å². The molecule has 0 aliphatic heterocycles. The molecule has 2 N–H and O–H groups in total. The summed E-state index contributed by atoms with van der Waals surface area (Å²) in [4.78, 5) is 12.6. The molecular weight excluding hydrogens is 416 g/mol. The van der Waals surface area contributed by atoms with Gasteiger partial charge < -0.3 is 14.8 Å². The Morgan fingerprint density at radius 1 is 0.839 bits per heavy atom. The second-order valence-electron chi connectivity index (χ2n) is 6.92. The zero-order chi connectivity index (χ0) is 22.6. The second-order valence-corrected chi connectivity index (χ2v) is 8.60. The lowest BCUT2D eigenvalue weighted by Crippen LogP contribution is -2.15. The van der Waals surface area contributed by atoms with E-state index in [0.717, 1.165) is 16.8 Å². The van der Waals surface area contributed by atoms with Gasteiger partial charge in [-0.2, -0.15) is 0 Å². The third-order valence-corrected chi connectivity index (χ3v) is 6.16. The molecule has 0 aliphatic carbocycles. The van der Waals surface area contributed by atoms with Crippen molar-refractivity contribution >= 4 is 27.3 Å². The number of hydrogen-bond donors (Lipinski definition) is 2. The Labute approximate surface area is 182 Å². The fraction of sp³-hybridized carbons (Fsp3) is 0.174. The topological polar surface area (TPSA) is 93.7 Å². The van der Waals surface area contributed by atoms with E-state index < -0.39 is 10.0 Å². The molecule has 0 aliphatic rings. The summed E-state index contributed by atoms with van der Waals surface area (Å²) in [6, 6.07) is 16.3. The molecule has 0 unspecified atom stereocenters. The van der Waals surface area contributed by atoms with Crippen molar-refractivity contribution in [1.82, 2.24) is 0 Å². The molecule has 0 saturated carbocycles. The zero-order valence-corrected chi connectivity index (χ0v) is 18.5. The maximum Gasteiger partial charge on any atom is 0.262 e. The van der Waals surface area contributed by atoms with Gasteiger partial charge in [-0.05, 0) is 61.4 Å². The van der Waals surface area contributed by atoms with Gasteiger partial charge in [-0.1, -0.05) is 18.2 Å². The molecule has 1 amide bonds. The highest BCUT2D eigenvalue weighted by atomic mass is 32.2. The lowest BCUT2D eigenvalue weighted by Gasteiger charge is -2.13. The van der Waals surface area contributed by atoms with Gasteiger partial charge in [0.1, 0.15) is 0 Å². The minimum atomic E-state index is -3.85. The van der Waals surface area contributed by atoms with Crippen LogP contribution in [0.4, 0.5) is 11.4 Å². The van der Waals surface area contributed by atoms with Crippen LogP contribution in [0.5, 0.6) is 11.5 Å². The van der Waals surface area contributed by atoms with Gasteiger partial charge in [0.05, 0.1) is 19.1 Å². The van der Waals surface area contributed by atoms with Gasteiger partial charge in [0, 0.05) is 23.0 Å². The average molecular weight is 441 g/mol. The first kappa shape index (κ1) is 22.2. The van der Waals surface area contributed by atoms with E-state index in [2.05, 4.69) is 10.0 Å². The summed E-state index contributed by atoms with van der Waals surface area (Å²) in [6.07, 6.45) is 0. The van der Waals surface area contributed by atoms with E-state index in [4.69, 9.17) is 9.47 Å². The molecule has 31 heavy (non-hydrogen) atoms. The number of rotatable bonds is 7. The Kier molecular flexibility index (Phi) is 6.50. The number of sulfonamides is 1. The van der Waals surface area contributed by atoms with Crippen LogP contribution in [0.3, 0.4) is 0 Å². The quantitative estimate of drug-likeness (QED) is 0.569. The standard InChI is InChI=1S/C23H24N2O5S/c1-15-6-5-7-16(2)22(15)24-23(26)17-8-10-18(11-9-17)25-31(27,28)19-12-13-20(29-3)21(14-19)30-4/h5-14,25H,1-4H3,(H,24,26). The number of methoxy groups -OCH3 is 2. The Morgan fingerprint density at radius 3 is 2.03 bits per heavy atom. The number of benzene rings is 3. The van der Waals surface area contributed by atoms with Gasteiger partial charge in [0.15, 0.2) is 11.5 Å². The van der Waals surface area contributed by atoms with Crippen molar-refractivity contribution < 1.29 is 22.7 Å². The van der Waals surface area contributed by atoms with Crippen molar-refractivity contribution in [2.45, 2.75) is 18.7 Å². The van der Waals surface area contributed by atoms with Crippen LogP contribution in [0.15, 0.2) is 65.6 Å². The van der Waals surface area contributed by atoms with Gasteiger partial charge in [-0.25, -0.2) is 8.42 Å². The third-order valence-electron chi connectivity index (χ3n) is 4.78. The smallest absolute Gasteiger partial charge is 0.262 e. The van der Waals surface area contributed by atoms with Crippen LogP contribution in [-0.4, -0.2) is 28.5 Å². The van der Waals surface area contributed by atoms with Crippen molar-refractivity contribution in [3.63, 3.8) is 0 Å². The number of carbonyl (C=O) groups is 1. The van der Waals surface area contributed by atoms with Crippen molar-refractivity contribution in [1.29, 1.82) is 0 Å². The molecule has 0 spiro atoms. The summed E-state index contributed by atoms with van der Waals surface area (Å²) in [5, 5.41) is 2.91. The highest BCUT2D eigenvalue weighted by Gasteiger charge is 2.18. The summed E-state index contributed by atoms with van der Waals surface area (Å²) in [5.74, 6) is 0.469. The summed E-state index contributed by atoms with van der Waals surface area (Å²) in [5.41, 5.74) is 3.45. The Balaban J connectivity index is 1.76. The van der Waals surface area contributed by atoms with Crippen molar-refractivity contribution in [2.24, 2.45) is 0 Å². The van der Waals surface area contributed by atoms with E-state index in [0.29, 0.717) is 22.7 Å². The normalized spacial score (nSPS) is 11.0. The van der Waals surface area contributed by atoms with Crippen molar-refractivity contribution in [2.75, 3.05) is 24.3 Å². The van der Waals surface area contributed by atoms with Crippen LogP contribution in [0.2, 0.25) is 0 Å². The van der Waals surface area contributed by atoms with E-state index in [1.165, 1.54) is 44.6 Å². The first-order valence-corrected chi connectivity index (χ1v) is 11.0. The number of nitrogens with one attached hydrogen (secondary N) is 2. The summed E-state index contributed by atoms with van der Waals surface area (Å²) >= 11 is 0. The van der Waals surface area contributed by atoms with Gasteiger partial charge in [0.25, 0.3) is 15.9 Å². The lowest BCUT2D eigenvalue weighted by atomic mass is 10.1. The molecular formula is C23H24N2O5S. The van der Waals surface area contributed by atoms with Gasteiger partial charge in [-0.3, -0.25) is 9.52 Å². The van der Waals surface area contributed by atoms with Crippen LogP contribution in [-0.2, 0) is 10.0 Å². The second kappa shape index (κ2) is 9.09. The summed E-state index contributed by atoms with van der Waals surface area (Å²) in [6.45, 7) is 3.85. The third kappa shape index (κ3) is 4.97. The fourth-order valence-corrected chi connectivity index (χ4v) is 4.16. The molecule has 3 rings (SSSR count). The Hall–Kier alpha value is -3.52. The first-order valence-electron chi connectivity index (χ1n) is 9.47. The maximum atomic E-state index is 12.7. The van der Waals surface area contributed by atoms with Gasteiger partial charge in [0.2, 0.25) is 0 Å². The van der Waals surface area contributed by atoms with Crippen LogP contribution in [0, 0.1) is 13.8 Å². The Morgan fingerprint density at radius 2 is 1.45 bits per heavy atom. The van der Waals surface area contributed by atoms with E-state index in [1.807, 2.05) is 32.0 Å². The molecule has 8 heteroatoms. The highest BCUT2D eigenvalue weighted by Crippen LogP contribution is 2.30. The van der Waals surface area contributed by atoms with E-state index in [1.54, 1.807) is 12.1 Å². The summed E-state index contributed by atoms with van der Waals surface area (Å²) in [7, 11) is -0.941. The monoisotopic (exact) mass is 440 g/mol. The molecule has 0 radical (unpaired) electrons. The van der Waals surface area contributed by atoms with E-state index in [-0.39, 0.29) is 10.8 Å². The highest BCUT2D eigenvalue weighted by molar-refractivity contribution is 7.92. The van der Waals surface area contributed by atoms with E-state index >= 15 is 0 Å². The number of aryl methyl sites for hydroxylation is 2. The molecule has 0 heterocycles. The minimum Gasteiger partial charge on any atom is -0.493 e. The molecule has 0 fully saturated rings. The largest absolute Gasteiger partial charge is 0.493 e. The number of amides is 1. The van der Waals surface area contributed by atoms with Gasteiger partial charge in [-0.15, -0.1) is 0 Å². The van der Waals surface area contributed by atoms with Crippen LogP contribution < -0.4 is 19.5 Å². The number of para-hydroxylation sites is 1. The lowest BCUT2D eigenvalue weighted by molar-refractivity contribution is 0.102. The first-order chi connectivity index (χ1) is 14.7. The molecule has 7 nitrogen and oxygen atoms in total. The number of hydrogen-bond acceptors (Lipinski definition) is 5. The SMILES string of the molecule is COc1ccc(S(=O)(=O)Nc2ccc(C(=O)Nc3c(C)cccc3C)cc2)cc1OC. The van der Waals surface area contributed by atoms with Crippen molar-refractivity contribution in [3.05, 3.63) is 77.4 Å². The summed E-state index contributed by atoms with van der Waals surface area (Å²) < 4.78 is 38.2. The molecule has 3 aromatic carbocycles. The van der Waals surface area contributed by atoms with E-state index in [9.17, 15) is 13.2 Å². The minimum absolute atomic E-state index is 0.0296. The molecule has 0 bridgehead atoms. The molecule has 3 aromatic rings. The maximum absolute atomic E-state index is 12.7. The van der Waals surface area contributed by atoms with Crippen LogP contribution in [0.1, 0.15) is 21.5 Å². The zero-order valence-electron chi connectivity index (χ0n) is 17.7. The molecule has 0 atom stereocenters. The number of ether oxygens (including phenoxy) is 2. The predicted molar refractivity (Wildman–Crippen MR) is 121 cm³/mol. The van der Waals surface area contributed by atoms with Gasteiger partial charge >= 0.3 is 0 Å². The number of anilines is 2. The predicted octanol–water partition coefficient (Wildman–Crippen LogP) is 4.37.